The van der Waals surface area contributed by atoms with Gasteiger partial charge in [-0.15, -0.1) is 0 Å². The van der Waals surface area contributed by atoms with Gasteiger partial charge in [0.05, 0.1) is 30.2 Å². The summed E-state index contributed by atoms with van der Waals surface area (Å²) < 4.78 is 20.3. The molecule has 1 aliphatic heterocycles. The number of aromatic nitrogens is 3. The van der Waals surface area contributed by atoms with E-state index in [4.69, 9.17) is 10.5 Å². The number of hydrogen-bond donors (Lipinski definition) is 1. The van der Waals surface area contributed by atoms with Crippen LogP contribution in [0.2, 0.25) is 0 Å². The first-order chi connectivity index (χ1) is 15.0. The maximum absolute atomic E-state index is 15.0. The number of amides is 1. The number of benzene rings is 1. The summed E-state index contributed by atoms with van der Waals surface area (Å²) in [5.41, 5.74) is 10.2. The Kier molecular flexibility index (Phi) is 5.90. The van der Waals surface area contributed by atoms with E-state index in [1.165, 1.54) is 12.1 Å². The highest BCUT2D eigenvalue weighted by Gasteiger charge is 2.23. The lowest BCUT2D eigenvalue weighted by molar-refractivity contribution is 0.0300. The van der Waals surface area contributed by atoms with E-state index in [-0.39, 0.29) is 17.4 Å². The summed E-state index contributed by atoms with van der Waals surface area (Å²) in [7, 11) is 0. The largest absolute Gasteiger partial charge is 0.378 e. The van der Waals surface area contributed by atoms with Gasteiger partial charge in [0, 0.05) is 41.7 Å². The van der Waals surface area contributed by atoms with Crippen LogP contribution in [0.1, 0.15) is 28.7 Å². The fourth-order valence-corrected chi connectivity index (χ4v) is 3.68. The molecule has 1 fully saturated rings. The highest BCUT2D eigenvalue weighted by molar-refractivity contribution is 5.95. The predicted molar refractivity (Wildman–Crippen MR) is 116 cm³/mol. The van der Waals surface area contributed by atoms with E-state index in [0.717, 1.165) is 22.5 Å². The molecule has 2 aromatic heterocycles. The average Bonchev–Trinajstić information content (AvgIpc) is 2.79. The van der Waals surface area contributed by atoms with E-state index in [2.05, 4.69) is 15.0 Å². The number of ether oxygens (including phenoxy) is 1. The van der Waals surface area contributed by atoms with E-state index in [1.54, 1.807) is 17.2 Å². The van der Waals surface area contributed by atoms with E-state index in [9.17, 15) is 4.79 Å². The number of aryl methyl sites for hydroxylation is 2. The molecule has 8 heteroatoms. The Hall–Kier alpha value is -3.39. The number of carbonyl (C=O) groups excluding carboxylic acids is 1. The molecule has 1 saturated heterocycles. The topological polar surface area (TPSA) is 94.2 Å². The molecule has 0 saturated carbocycles. The fourth-order valence-electron chi connectivity index (χ4n) is 3.68. The number of nitrogens with zero attached hydrogens (tertiary/aromatic N) is 4. The van der Waals surface area contributed by atoms with Crippen LogP contribution in [0, 0.1) is 12.7 Å². The van der Waals surface area contributed by atoms with Crippen LogP contribution in [0.15, 0.2) is 36.5 Å². The minimum atomic E-state index is -0.600. The molecule has 160 valence electrons. The lowest BCUT2D eigenvalue weighted by Gasteiger charge is -2.27. The molecule has 1 aromatic carbocycles. The van der Waals surface area contributed by atoms with Crippen molar-refractivity contribution in [3.05, 3.63) is 59.3 Å². The Bertz CT molecular complexity index is 1110. The van der Waals surface area contributed by atoms with Crippen LogP contribution in [0.25, 0.3) is 22.4 Å². The Balaban J connectivity index is 1.79. The van der Waals surface area contributed by atoms with Crippen molar-refractivity contribution in [3.8, 4) is 22.4 Å². The SMILES string of the molecule is CCc1nc(N)nc(-c2ccc(C(=O)N3CCOCC3)c(F)c2)c1-c1ccc(C)nc1. The third-order valence-corrected chi connectivity index (χ3v) is 5.31. The van der Waals surface area contributed by atoms with Gasteiger partial charge in [-0.25, -0.2) is 14.4 Å². The van der Waals surface area contributed by atoms with Gasteiger partial charge in [0.2, 0.25) is 5.95 Å². The second-order valence-electron chi connectivity index (χ2n) is 7.39. The number of pyridine rings is 1. The van der Waals surface area contributed by atoms with Gasteiger partial charge in [-0.3, -0.25) is 9.78 Å². The first-order valence-corrected chi connectivity index (χ1v) is 10.2. The van der Waals surface area contributed by atoms with Crippen molar-refractivity contribution >= 4 is 11.9 Å². The Morgan fingerprint density at radius 3 is 2.55 bits per heavy atom. The van der Waals surface area contributed by atoms with E-state index < -0.39 is 5.82 Å². The van der Waals surface area contributed by atoms with Gasteiger partial charge in [-0.1, -0.05) is 19.1 Å². The Morgan fingerprint density at radius 2 is 1.90 bits per heavy atom. The van der Waals surface area contributed by atoms with Gasteiger partial charge >= 0.3 is 0 Å². The van der Waals surface area contributed by atoms with Gasteiger partial charge in [-0.05, 0) is 31.5 Å². The molecular weight excluding hydrogens is 397 g/mol. The fraction of sp³-hybridized carbons (Fsp3) is 0.304. The minimum absolute atomic E-state index is 0.0296. The molecule has 2 N–H and O–H groups in total. The summed E-state index contributed by atoms with van der Waals surface area (Å²) in [5, 5.41) is 0. The number of hydrogen-bond acceptors (Lipinski definition) is 6. The van der Waals surface area contributed by atoms with Crippen LogP contribution < -0.4 is 5.73 Å². The summed E-state index contributed by atoms with van der Waals surface area (Å²) in [6.07, 6.45) is 2.37. The van der Waals surface area contributed by atoms with Crippen molar-refractivity contribution in [2.75, 3.05) is 32.0 Å². The number of nitrogen functional groups attached to an aromatic ring is 1. The maximum atomic E-state index is 15.0. The lowest BCUT2D eigenvalue weighted by Crippen LogP contribution is -2.41. The van der Waals surface area contributed by atoms with Gasteiger partial charge in [-0.2, -0.15) is 0 Å². The van der Waals surface area contributed by atoms with Crippen LogP contribution >= 0.6 is 0 Å². The summed E-state index contributed by atoms with van der Waals surface area (Å²) >= 11 is 0. The minimum Gasteiger partial charge on any atom is -0.378 e. The van der Waals surface area contributed by atoms with Crippen molar-refractivity contribution in [3.63, 3.8) is 0 Å². The molecule has 31 heavy (non-hydrogen) atoms. The van der Waals surface area contributed by atoms with Crippen molar-refractivity contribution in [2.45, 2.75) is 20.3 Å². The second-order valence-corrected chi connectivity index (χ2v) is 7.39. The molecule has 1 amide bonds. The Labute approximate surface area is 180 Å². The average molecular weight is 421 g/mol. The molecule has 0 unspecified atom stereocenters. The number of carbonyl (C=O) groups is 1. The van der Waals surface area contributed by atoms with Crippen molar-refractivity contribution in [1.29, 1.82) is 0 Å². The van der Waals surface area contributed by atoms with E-state index in [0.29, 0.717) is 44.0 Å². The number of halogens is 1. The van der Waals surface area contributed by atoms with Crippen LogP contribution in [-0.4, -0.2) is 52.1 Å². The molecule has 3 heterocycles. The number of rotatable bonds is 4. The van der Waals surface area contributed by atoms with E-state index in [1.807, 2.05) is 26.0 Å². The van der Waals surface area contributed by atoms with Crippen LogP contribution in [0.5, 0.6) is 0 Å². The third kappa shape index (κ3) is 4.25. The Morgan fingerprint density at radius 1 is 1.16 bits per heavy atom. The quantitative estimate of drug-likeness (QED) is 0.695. The molecule has 4 rings (SSSR count). The molecular formula is C23H24FN5O2. The first-order valence-electron chi connectivity index (χ1n) is 10.2. The van der Waals surface area contributed by atoms with Gasteiger partial charge in [0.15, 0.2) is 0 Å². The normalized spacial score (nSPS) is 14.0. The first kappa shape index (κ1) is 20.9. The molecule has 0 bridgehead atoms. The number of morpholine rings is 1. The second kappa shape index (κ2) is 8.77. The van der Waals surface area contributed by atoms with Gasteiger partial charge < -0.3 is 15.4 Å². The van der Waals surface area contributed by atoms with Crippen LogP contribution in [-0.2, 0) is 11.2 Å². The molecule has 0 spiro atoms. The summed E-state index contributed by atoms with van der Waals surface area (Å²) in [6, 6.07) is 8.37. The molecule has 0 aliphatic carbocycles. The molecule has 1 aliphatic rings. The number of nitrogens with two attached hydrogens (primary N) is 1. The molecule has 7 nitrogen and oxygen atoms in total. The zero-order valence-corrected chi connectivity index (χ0v) is 17.6. The van der Waals surface area contributed by atoms with Gasteiger partial charge in [0.1, 0.15) is 5.82 Å². The zero-order valence-electron chi connectivity index (χ0n) is 17.6. The highest BCUT2D eigenvalue weighted by Crippen LogP contribution is 2.34. The predicted octanol–water partition coefficient (Wildman–Crippen LogP) is 3.27. The van der Waals surface area contributed by atoms with Gasteiger partial charge in [0.25, 0.3) is 5.91 Å². The number of anilines is 1. The van der Waals surface area contributed by atoms with E-state index >= 15 is 4.39 Å². The monoisotopic (exact) mass is 421 g/mol. The van der Waals surface area contributed by atoms with Crippen LogP contribution in [0.4, 0.5) is 10.3 Å². The van der Waals surface area contributed by atoms with Crippen LogP contribution in [0.3, 0.4) is 0 Å². The highest BCUT2D eigenvalue weighted by atomic mass is 19.1. The summed E-state index contributed by atoms with van der Waals surface area (Å²) in [5.74, 6) is -0.825. The summed E-state index contributed by atoms with van der Waals surface area (Å²) in [6.45, 7) is 5.70. The summed E-state index contributed by atoms with van der Waals surface area (Å²) in [4.78, 5) is 27.5. The van der Waals surface area contributed by atoms with Crippen molar-refractivity contribution in [1.82, 2.24) is 19.9 Å². The molecule has 3 aromatic rings. The molecule has 0 atom stereocenters. The smallest absolute Gasteiger partial charge is 0.256 e. The standard InChI is InChI=1S/C23H24FN5O2/c1-3-19-20(16-5-4-14(2)26-13-16)21(28-23(25)27-19)15-6-7-17(18(24)12-15)22(30)29-8-10-31-11-9-29/h4-7,12-13H,3,8-11H2,1-2H3,(H2,25,27,28). The van der Waals surface area contributed by atoms with Crippen molar-refractivity contribution < 1.29 is 13.9 Å². The zero-order chi connectivity index (χ0) is 22.0. The maximum Gasteiger partial charge on any atom is 0.256 e. The molecule has 0 radical (unpaired) electrons. The van der Waals surface area contributed by atoms with Crippen molar-refractivity contribution in [2.24, 2.45) is 0 Å². The third-order valence-electron chi connectivity index (χ3n) is 5.31. The lowest BCUT2D eigenvalue weighted by atomic mass is 9.96.